The van der Waals surface area contributed by atoms with Gasteiger partial charge in [0.2, 0.25) is 5.95 Å². The zero-order valence-electron chi connectivity index (χ0n) is 16.0. The molecule has 4 nitrogen and oxygen atoms in total. The second-order valence-electron chi connectivity index (χ2n) is 7.92. The van der Waals surface area contributed by atoms with E-state index >= 15 is 0 Å². The molecule has 2 N–H and O–H groups in total. The molecule has 2 heterocycles. The van der Waals surface area contributed by atoms with Crippen molar-refractivity contribution in [1.82, 2.24) is 15.3 Å². The summed E-state index contributed by atoms with van der Waals surface area (Å²) in [5, 5.41) is 6.85. The van der Waals surface area contributed by atoms with Crippen LogP contribution in [0, 0.1) is 5.82 Å². The third-order valence-corrected chi connectivity index (χ3v) is 6.43. The number of piperidine rings is 1. The molecular weight excluding hydrogens is 387 g/mol. The summed E-state index contributed by atoms with van der Waals surface area (Å²) < 4.78 is 13.4. The minimum atomic E-state index is -0.413. The summed E-state index contributed by atoms with van der Waals surface area (Å²) in [6.45, 7) is 2.57. The van der Waals surface area contributed by atoms with Crippen molar-refractivity contribution in [1.29, 1.82) is 0 Å². The summed E-state index contributed by atoms with van der Waals surface area (Å²) in [6.07, 6.45) is 5.21. The van der Waals surface area contributed by atoms with Crippen LogP contribution in [0.25, 0.3) is 11.3 Å². The maximum absolute atomic E-state index is 13.4. The number of halogens is 2. The Labute approximate surface area is 174 Å². The molecular formula is C23H22ClFN4. The van der Waals surface area contributed by atoms with E-state index in [1.165, 1.54) is 22.8 Å². The molecule has 1 aromatic heterocycles. The average molecular weight is 409 g/mol. The largest absolute Gasteiger partial charge is 0.350 e. The normalized spacial score (nSPS) is 16.9. The van der Waals surface area contributed by atoms with Gasteiger partial charge in [-0.3, -0.25) is 0 Å². The van der Waals surface area contributed by atoms with Crippen molar-refractivity contribution in [3.8, 4) is 11.3 Å². The minimum Gasteiger partial charge on any atom is -0.350 e. The summed E-state index contributed by atoms with van der Waals surface area (Å²) in [5.74, 6) is 0.157. The van der Waals surface area contributed by atoms with Gasteiger partial charge >= 0.3 is 0 Å². The van der Waals surface area contributed by atoms with Crippen LogP contribution >= 0.6 is 11.6 Å². The molecule has 0 atom stereocenters. The van der Waals surface area contributed by atoms with Crippen molar-refractivity contribution >= 4 is 17.5 Å². The highest BCUT2D eigenvalue weighted by atomic mass is 35.5. The van der Waals surface area contributed by atoms with Crippen molar-refractivity contribution in [3.05, 3.63) is 76.2 Å². The highest BCUT2D eigenvalue weighted by Crippen LogP contribution is 2.46. The van der Waals surface area contributed by atoms with Gasteiger partial charge in [-0.25, -0.2) is 14.4 Å². The van der Waals surface area contributed by atoms with Crippen LogP contribution in [-0.2, 0) is 18.4 Å². The van der Waals surface area contributed by atoms with E-state index in [0.29, 0.717) is 12.5 Å². The second kappa shape index (κ2) is 7.39. The zero-order valence-corrected chi connectivity index (χ0v) is 16.8. The van der Waals surface area contributed by atoms with E-state index in [-0.39, 0.29) is 10.4 Å². The van der Waals surface area contributed by atoms with Crippen LogP contribution in [0.1, 0.15) is 29.5 Å². The number of benzene rings is 2. The molecule has 1 aliphatic carbocycles. The third kappa shape index (κ3) is 3.38. The van der Waals surface area contributed by atoms with Crippen LogP contribution < -0.4 is 10.6 Å². The number of hydrogen-bond acceptors (Lipinski definition) is 4. The van der Waals surface area contributed by atoms with E-state index < -0.39 is 5.82 Å². The van der Waals surface area contributed by atoms with Crippen molar-refractivity contribution < 1.29 is 4.39 Å². The SMILES string of the molecule is Fc1ccc(CNc2ncc3c(n2)-c2ccccc2C2(CCNCC2)C3)cc1Cl. The number of nitrogens with zero attached hydrogens (tertiary/aromatic N) is 2. The standard InChI is InChI=1S/C23H22ClFN4/c24-19-11-15(5-6-20(19)25)13-27-22-28-14-16-12-23(7-9-26-10-8-23)18-4-2-1-3-17(18)21(16)29-22/h1-6,11,14,26H,7-10,12-13H2,(H,27,28,29). The molecule has 1 spiro atoms. The van der Waals surface area contributed by atoms with E-state index in [1.54, 1.807) is 12.1 Å². The third-order valence-electron chi connectivity index (χ3n) is 6.14. The lowest BCUT2D eigenvalue weighted by molar-refractivity contribution is 0.302. The van der Waals surface area contributed by atoms with Gasteiger partial charge in [0.1, 0.15) is 5.82 Å². The number of rotatable bonds is 3. The van der Waals surface area contributed by atoms with Crippen LogP contribution in [-0.4, -0.2) is 23.1 Å². The fourth-order valence-corrected chi connectivity index (χ4v) is 4.85. The molecule has 29 heavy (non-hydrogen) atoms. The van der Waals surface area contributed by atoms with Crippen molar-refractivity contribution in [3.63, 3.8) is 0 Å². The van der Waals surface area contributed by atoms with Crippen LogP contribution in [0.5, 0.6) is 0 Å². The predicted molar refractivity (Wildman–Crippen MR) is 114 cm³/mol. The summed E-state index contributed by atoms with van der Waals surface area (Å²) >= 11 is 5.88. The average Bonchev–Trinajstić information content (AvgIpc) is 2.76. The van der Waals surface area contributed by atoms with Gasteiger partial charge < -0.3 is 10.6 Å². The summed E-state index contributed by atoms with van der Waals surface area (Å²) in [5.41, 5.74) is 5.90. The van der Waals surface area contributed by atoms with E-state index in [4.69, 9.17) is 16.6 Å². The van der Waals surface area contributed by atoms with Gasteiger partial charge in [0.05, 0.1) is 10.7 Å². The fourth-order valence-electron chi connectivity index (χ4n) is 4.65. The number of hydrogen-bond donors (Lipinski definition) is 2. The first-order chi connectivity index (χ1) is 14.1. The Balaban J connectivity index is 1.45. The van der Waals surface area contributed by atoms with Crippen molar-refractivity contribution in [2.24, 2.45) is 0 Å². The Kier molecular flexibility index (Phi) is 4.72. The quantitative estimate of drug-likeness (QED) is 0.658. The molecule has 0 unspecified atom stereocenters. The van der Waals surface area contributed by atoms with Crippen molar-refractivity contribution in [2.75, 3.05) is 18.4 Å². The van der Waals surface area contributed by atoms with Gasteiger partial charge in [-0.15, -0.1) is 0 Å². The van der Waals surface area contributed by atoms with Gasteiger partial charge in [-0.1, -0.05) is 41.9 Å². The van der Waals surface area contributed by atoms with Gasteiger partial charge in [0.25, 0.3) is 0 Å². The van der Waals surface area contributed by atoms with Gasteiger partial charge in [0, 0.05) is 23.7 Å². The molecule has 148 valence electrons. The van der Waals surface area contributed by atoms with Gasteiger partial charge in [0.15, 0.2) is 0 Å². The van der Waals surface area contributed by atoms with E-state index in [1.807, 2.05) is 6.20 Å². The number of anilines is 1. The topological polar surface area (TPSA) is 49.8 Å². The summed E-state index contributed by atoms with van der Waals surface area (Å²) in [7, 11) is 0. The Morgan fingerprint density at radius 1 is 1.14 bits per heavy atom. The molecule has 0 amide bonds. The summed E-state index contributed by atoms with van der Waals surface area (Å²) in [6, 6.07) is 13.4. The van der Waals surface area contributed by atoms with E-state index in [2.05, 4.69) is 39.9 Å². The first-order valence-electron chi connectivity index (χ1n) is 9.99. The monoisotopic (exact) mass is 408 g/mol. The predicted octanol–water partition coefficient (Wildman–Crippen LogP) is 4.73. The Morgan fingerprint density at radius 3 is 2.79 bits per heavy atom. The lowest BCUT2D eigenvalue weighted by Gasteiger charge is -2.42. The fraction of sp³-hybridized carbons (Fsp3) is 0.304. The molecule has 1 aliphatic heterocycles. The van der Waals surface area contributed by atoms with Gasteiger partial charge in [-0.05, 0) is 61.2 Å². The number of nitrogens with one attached hydrogen (secondary N) is 2. The Bertz CT molecular complexity index is 1060. The molecule has 3 aromatic rings. The maximum atomic E-state index is 13.4. The smallest absolute Gasteiger partial charge is 0.223 e. The molecule has 0 bridgehead atoms. The number of fused-ring (bicyclic) bond motifs is 4. The van der Waals surface area contributed by atoms with Crippen LogP contribution in [0.4, 0.5) is 10.3 Å². The van der Waals surface area contributed by atoms with Crippen molar-refractivity contribution in [2.45, 2.75) is 31.2 Å². The Morgan fingerprint density at radius 2 is 1.97 bits per heavy atom. The molecule has 2 aliphatic rings. The molecule has 0 saturated carbocycles. The summed E-state index contributed by atoms with van der Waals surface area (Å²) in [4.78, 5) is 9.40. The molecule has 0 radical (unpaired) electrons. The molecule has 5 rings (SSSR count). The number of aromatic nitrogens is 2. The molecule has 1 saturated heterocycles. The van der Waals surface area contributed by atoms with Gasteiger partial charge in [-0.2, -0.15) is 0 Å². The zero-order chi connectivity index (χ0) is 19.8. The first kappa shape index (κ1) is 18.5. The highest BCUT2D eigenvalue weighted by molar-refractivity contribution is 6.30. The highest BCUT2D eigenvalue weighted by Gasteiger charge is 2.40. The Hall–Kier alpha value is -2.50. The molecule has 6 heteroatoms. The molecule has 2 aromatic carbocycles. The first-order valence-corrected chi connectivity index (χ1v) is 10.4. The van der Waals surface area contributed by atoms with Crippen LogP contribution in [0.2, 0.25) is 5.02 Å². The molecule has 1 fully saturated rings. The van der Waals surface area contributed by atoms with E-state index in [0.717, 1.165) is 43.6 Å². The second-order valence-corrected chi connectivity index (χ2v) is 8.33. The lowest BCUT2D eigenvalue weighted by Crippen LogP contribution is -2.43. The lowest BCUT2D eigenvalue weighted by atomic mass is 9.64. The minimum absolute atomic E-state index is 0.122. The van der Waals surface area contributed by atoms with Crippen LogP contribution in [0.3, 0.4) is 0 Å². The van der Waals surface area contributed by atoms with Crippen LogP contribution in [0.15, 0.2) is 48.7 Å². The maximum Gasteiger partial charge on any atom is 0.223 e. The van der Waals surface area contributed by atoms with E-state index in [9.17, 15) is 4.39 Å².